The molecule has 1 N–H and O–H groups in total. The molecule has 0 aliphatic heterocycles. The van der Waals surface area contributed by atoms with Crippen molar-refractivity contribution in [2.75, 3.05) is 0 Å². The molecule has 0 amide bonds. The molecule has 83 heavy (non-hydrogen) atoms. The van der Waals surface area contributed by atoms with Gasteiger partial charge in [-0.3, -0.25) is 14.4 Å². The zero-order chi connectivity index (χ0) is 58.9. The number of rotatable bonds is 4. The second-order valence-electron chi connectivity index (χ2n) is 19.2. The number of benzene rings is 7. The van der Waals surface area contributed by atoms with Crippen LogP contribution in [0, 0.1) is 19.9 Å². The molecule has 2 heterocycles. The van der Waals surface area contributed by atoms with Crippen LogP contribution in [0.15, 0.2) is 151 Å². The zero-order valence-electron chi connectivity index (χ0n) is 43.1. The van der Waals surface area contributed by atoms with Gasteiger partial charge in [0.2, 0.25) is 16.3 Å². The van der Waals surface area contributed by atoms with Crippen molar-refractivity contribution in [3.8, 4) is 28.0 Å². The average molecular weight is 1240 g/mol. The summed E-state index contributed by atoms with van der Waals surface area (Å²) < 4.78 is 162. The van der Waals surface area contributed by atoms with E-state index in [2.05, 4.69) is 32.7 Å². The van der Waals surface area contributed by atoms with Crippen molar-refractivity contribution < 1.29 is 63.8 Å². The molecule has 23 heteroatoms. The summed E-state index contributed by atoms with van der Waals surface area (Å²) in [6.07, 6.45) is -19.9. The molecule has 0 fully saturated rings. The molecule has 11 aromatic carbocycles. The van der Waals surface area contributed by atoms with Gasteiger partial charge in [0, 0.05) is 36.8 Å². The van der Waals surface area contributed by atoms with Crippen molar-refractivity contribution in [3.05, 3.63) is 212 Å². The predicted octanol–water partition coefficient (Wildman–Crippen LogP) is 16.8. The molecule has 1 radical (unpaired) electrons. The number of hydrogen-bond donors (Lipinski definition) is 1. The number of halogens is 13. The van der Waals surface area contributed by atoms with Crippen LogP contribution < -0.4 is 26.4 Å². The normalized spacial score (nSPS) is 12.4. The van der Waals surface area contributed by atoms with Crippen molar-refractivity contribution in [1.29, 1.82) is 0 Å². The van der Waals surface area contributed by atoms with E-state index in [-0.39, 0.29) is 64.2 Å². The Bertz CT molecular complexity index is 4910. The summed E-state index contributed by atoms with van der Waals surface area (Å²) in [6.45, 7) is 4.00. The van der Waals surface area contributed by atoms with Crippen molar-refractivity contribution in [3.63, 3.8) is 0 Å². The maximum Gasteiger partial charge on any atom is 2.00 e. The summed E-state index contributed by atoms with van der Waals surface area (Å²) in [6, 6.07) is 32.2. The summed E-state index contributed by atoms with van der Waals surface area (Å²) in [5.74, 6) is -0.755. The van der Waals surface area contributed by atoms with E-state index in [1.54, 1.807) is 6.07 Å². The molecule has 0 bridgehead atoms. The summed E-state index contributed by atoms with van der Waals surface area (Å²) in [7, 11) is -0.00432. The van der Waals surface area contributed by atoms with Crippen LogP contribution in [0.5, 0.6) is 5.75 Å². The van der Waals surface area contributed by atoms with Gasteiger partial charge < -0.3 is 15.9 Å². The van der Waals surface area contributed by atoms with Gasteiger partial charge in [-0.15, -0.1) is 28.1 Å². The van der Waals surface area contributed by atoms with Gasteiger partial charge >= 0.3 is 42.5 Å². The van der Waals surface area contributed by atoms with Crippen LogP contribution in [0.4, 0.5) is 52.7 Å². The van der Waals surface area contributed by atoms with Crippen LogP contribution >= 0.6 is 38.6 Å². The fourth-order valence-corrected chi connectivity index (χ4v) is 13.2. The summed E-state index contributed by atoms with van der Waals surface area (Å²) >= 11 is 5.80. The van der Waals surface area contributed by atoms with Crippen LogP contribution in [-0.2, 0) is 24.7 Å². The van der Waals surface area contributed by atoms with E-state index in [0.29, 0.717) is 80.8 Å². The third-order valence-electron chi connectivity index (χ3n) is 13.8. The molecule has 6 nitrogen and oxygen atoms in total. The second-order valence-corrected chi connectivity index (χ2v) is 22.1. The summed E-state index contributed by atoms with van der Waals surface area (Å²) in [5.41, 5.74) is -2.70. The van der Waals surface area contributed by atoms with E-state index in [9.17, 15) is 71.9 Å². The van der Waals surface area contributed by atoms with Gasteiger partial charge in [0.05, 0.1) is 41.1 Å². The second kappa shape index (κ2) is 20.8. The molecule has 13 rings (SSSR count). The first kappa shape index (κ1) is 58.5. The third-order valence-corrected chi connectivity index (χ3v) is 16.7. The van der Waals surface area contributed by atoms with Crippen LogP contribution in [0.25, 0.3) is 106 Å². The Balaban J connectivity index is 0.000000172. The molecule has 0 unspecified atom stereocenters. The minimum Gasteiger partial charge on any atom is -1.00 e. The average Bonchev–Trinajstić information content (AvgIpc) is 1.60. The van der Waals surface area contributed by atoms with Crippen LogP contribution in [0.1, 0.15) is 34.8 Å². The summed E-state index contributed by atoms with van der Waals surface area (Å²) in [5, 5.41) is 16.3. The number of aryl methyl sites for hydroxylation is 2. The van der Waals surface area contributed by atoms with Gasteiger partial charge in [-0.05, 0) is 118 Å². The molecule has 2 aromatic heterocycles. The van der Waals surface area contributed by atoms with E-state index in [0.717, 1.165) is 59.6 Å². The molecule has 13 aromatic rings. The van der Waals surface area contributed by atoms with E-state index in [1.807, 2.05) is 74.5 Å². The predicted molar refractivity (Wildman–Crippen MR) is 307 cm³/mol. The topological polar surface area (TPSA) is 97.7 Å². The van der Waals surface area contributed by atoms with Crippen molar-refractivity contribution in [2.24, 2.45) is 0 Å². The van der Waals surface area contributed by atoms with Gasteiger partial charge in [-0.2, -0.15) is 77.0 Å². The molecule has 413 valence electrons. The third kappa shape index (κ3) is 10.4. The first-order valence-corrected chi connectivity index (χ1v) is 26.4. The Hall–Kier alpha value is -7.75. The van der Waals surface area contributed by atoms with E-state index >= 15 is 0 Å². The van der Waals surface area contributed by atoms with Gasteiger partial charge in [0.1, 0.15) is 11.2 Å². The van der Waals surface area contributed by atoms with Crippen molar-refractivity contribution >= 4 is 140 Å². The van der Waals surface area contributed by atoms with Gasteiger partial charge in [0.15, 0.2) is 0 Å². The number of thiophene rings is 2. The standard InChI is InChI=1S/C34H18F6O2S.C18H6BrO2S.C8H4BF6O2.Be.H/c1-15-7-16(2)9-19(8-15)17-3-5-23-25(12-17)29(41)31-27(23)28-24-6-4-18(13-26(24)30(42)32(28)43-31)20-10-21(33(35,36)37)14-22(11-20)34(38,39)40;19-8-5-6-10-12(7-8)16(21)18-14(10)13-9-3-1-2-4-11(9)15(20)17(13)22-18;10-7(11,12)4-1-5(8(13,14)15)3-6(2-4)17-9-16;;/h3-14H,1-2H3;1,3-7H;1-3,16H;;/q;-1;;+2;-1. The molecule has 0 atom stereocenters. The Kier molecular flexibility index (Phi) is 14.7. The monoisotopic (exact) mass is 1240 g/mol. The Morgan fingerprint density at radius 2 is 0.807 bits per heavy atom. The van der Waals surface area contributed by atoms with Gasteiger partial charge in [-0.1, -0.05) is 81.0 Å². The minimum absolute atomic E-state index is 0. The molecule has 0 saturated carbocycles. The Labute approximate surface area is 479 Å². The maximum atomic E-state index is 13.5. The smallest absolute Gasteiger partial charge is 1.00 e. The first-order chi connectivity index (χ1) is 38.5. The quantitative estimate of drug-likeness (QED) is 0.107. The SMILES string of the molecule is Cc1cc(C)cc(-c2ccc3c(c2)c(=O)c2sc4c(=O)c5cc(-c6cc(C(F)(F)F)cc(C(F)(F)F)c6)ccc5c4c23)c1.O=c1c2c[c-]ccc2c2c1sc1c(=O)c3cc(Br)ccc3c12.O[B]Oc1cc(C(F)(F)F)cc(C(F)(F)F)c1.[Be+2].[H-]. The Morgan fingerprint density at radius 3 is 1.22 bits per heavy atom. The van der Waals surface area contributed by atoms with Gasteiger partial charge in [0.25, 0.3) is 0 Å². The molecular weight excluding hydrogens is 1210 g/mol. The zero-order valence-corrected chi connectivity index (χ0v) is 45.3. The molecular formula is C60H29BBeBrF12O6S2. The van der Waals surface area contributed by atoms with Crippen LogP contribution in [0.2, 0.25) is 0 Å². The van der Waals surface area contributed by atoms with Crippen molar-refractivity contribution in [2.45, 2.75) is 38.6 Å². The first-order valence-electron chi connectivity index (χ1n) is 23.9. The van der Waals surface area contributed by atoms with E-state index < -0.39 is 58.1 Å². The Morgan fingerprint density at radius 1 is 0.446 bits per heavy atom. The fraction of sp³-hybridized carbons (Fsp3) is 0.100. The van der Waals surface area contributed by atoms with Crippen LogP contribution in [0.3, 0.4) is 0 Å². The van der Waals surface area contributed by atoms with Crippen LogP contribution in [-0.4, -0.2) is 22.8 Å². The van der Waals surface area contributed by atoms with E-state index in [4.69, 9.17) is 5.02 Å². The van der Waals surface area contributed by atoms with E-state index in [1.165, 1.54) is 29.5 Å². The van der Waals surface area contributed by atoms with Gasteiger partial charge in [-0.25, -0.2) is 0 Å². The summed E-state index contributed by atoms with van der Waals surface area (Å²) in [4.78, 5) is 52.2. The maximum absolute atomic E-state index is 13.5. The largest absolute Gasteiger partial charge is 2.00 e. The number of fused-ring (bicyclic) bond motifs is 14. The molecule has 0 aliphatic rings. The van der Waals surface area contributed by atoms with Crippen molar-refractivity contribution in [1.82, 2.24) is 0 Å². The fourth-order valence-electron chi connectivity index (χ4n) is 10.4. The molecule has 0 saturated heterocycles. The molecule has 0 aliphatic carbocycles. The number of hydrogen-bond acceptors (Lipinski definition) is 8. The molecule has 0 spiro atoms. The number of alkyl halides is 12. The minimum atomic E-state index is -4.99.